The van der Waals surface area contributed by atoms with Crippen molar-refractivity contribution in [2.75, 3.05) is 29.9 Å². The van der Waals surface area contributed by atoms with Gasteiger partial charge in [-0.2, -0.15) is 0 Å². The lowest BCUT2D eigenvalue weighted by molar-refractivity contribution is 0.0257. The minimum absolute atomic E-state index is 0.170. The molecule has 0 radical (unpaired) electrons. The summed E-state index contributed by atoms with van der Waals surface area (Å²) in [6, 6.07) is 9.16. The number of amides is 2. The number of pyridine rings is 1. The zero-order chi connectivity index (χ0) is 22.3. The zero-order valence-electron chi connectivity index (χ0n) is 17.2. The number of aromatic nitrogens is 4. The normalized spacial score (nSPS) is 17.3. The third-order valence-electron chi connectivity index (χ3n) is 5.80. The number of carbonyl (C=O) groups excluding carboxylic acids is 1. The Kier molecular flexibility index (Phi) is 5.25. The fraction of sp³-hybridized carbons (Fsp3) is 0.333. The highest BCUT2D eigenvalue weighted by Gasteiger charge is 2.40. The maximum absolute atomic E-state index is 14.0. The van der Waals surface area contributed by atoms with E-state index in [0.29, 0.717) is 31.1 Å². The monoisotopic (exact) mass is 457 g/mol. The third kappa shape index (κ3) is 3.90. The number of anilines is 2. The maximum Gasteiger partial charge on any atom is 0.322 e. The molecule has 11 heteroatoms. The molecule has 3 aromatic rings. The fourth-order valence-electron chi connectivity index (χ4n) is 4.14. The van der Waals surface area contributed by atoms with Gasteiger partial charge in [-0.05, 0) is 16.9 Å². The van der Waals surface area contributed by atoms with Crippen LogP contribution in [0.3, 0.4) is 0 Å². The van der Waals surface area contributed by atoms with E-state index in [0.717, 1.165) is 22.1 Å². The number of urea groups is 1. The van der Waals surface area contributed by atoms with Crippen LogP contribution in [0.5, 0.6) is 0 Å². The van der Waals surface area contributed by atoms with E-state index in [-0.39, 0.29) is 19.0 Å². The molecule has 2 aliphatic rings. The molecule has 4 heterocycles. The molecular weight excluding hydrogens is 435 g/mol. The van der Waals surface area contributed by atoms with Crippen molar-refractivity contribution >= 4 is 32.1 Å². The number of rotatable bonds is 3. The van der Waals surface area contributed by atoms with Crippen LogP contribution in [0.25, 0.3) is 11.1 Å². The summed E-state index contributed by atoms with van der Waals surface area (Å²) in [5.41, 5.74) is 2.88. The second kappa shape index (κ2) is 8.09. The van der Waals surface area contributed by atoms with Crippen LogP contribution in [0.1, 0.15) is 12.1 Å². The van der Waals surface area contributed by atoms with Crippen LogP contribution in [0.4, 0.5) is 25.1 Å². The molecule has 1 atom stereocenters. The molecule has 2 amide bonds. The van der Waals surface area contributed by atoms with Gasteiger partial charge in [-0.15, -0.1) is 14.3 Å². The maximum atomic E-state index is 14.0. The molecule has 5 rings (SSSR count). The van der Waals surface area contributed by atoms with Crippen LogP contribution < -0.4 is 15.5 Å². The molecule has 1 fully saturated rings. The van der Waals surface area contributed by atoms with Gasteiger partial charge in [0.1, 0.15) is 0 Å². The van der Waals surface area contributed by atoms with Gasteiger partial charge in [0.2, 0.25) is 0 Å². The summed E-state index contributed by atoms with van der Waals surface area (Å²) in [4.78, 5) is 20.8. The SMILES string of the molecule is O=C(Nc1c(-c2ccccc2P)ccnc1N1CCC(F)(F)C1)N1CCn2nncc2C1. The van der Waals surface area contributed by atoms with Gasteiger partial charge < -0.3 is 15.1 Å². The highest BCUT2D eigenvalue weighted by Crippen LogP contribution is 2.39. The summed E-state index contributed by atoms with van der Waals surface area (Å²) in [5.74, 6) is -2.43. The average molecular weight is 457 g/mol. The molecule has 0 saturated carbocycles. The van der Waals surface area contributed by atoms with E-state index in [1.54, 1.807) is 32.9 Å². The van der Waals surface area contributed by atoms with Crippen molar-refractivity contribution in [1.82, 2.24) is 24.9 Å². The van der Waals surface area contributed by atoms with Gasteiger partial charge in [-0.3, -0.25) is 0 Å². The number of nitrogens with zero attached hydrogens (tertiary/aromatic N) is 6. The van der Waals surface area contributed by atoms with Crippen molar-refractivity contribution in [2.24, 2.45) is 0 Å². The second-order valence-electron chi connectivity index (χ2n) is 7.97. The van der Waals surface area contributed by atoms with E-state index in [2.05, 4.69) is 29.9 Å². The summed E-state index contributed by atoms with van der Waals surface area (Å²) in [6.07, 6.45) is 2.99. The van der Waals surface area contributed by atoms with Crippen molar-refractivity contribution in [1.29, 1.82) is 0 Å². The van der Waals surface area contributed by atoms with Gasteiger partial charge >= 0.3 is 6.03 Å². The van der Waals surface area contributed by atoms with E-state index < -0.39 is 12.5 Å². The van der Waals surface area contributed by atoms with Crippen LogP contribution in [0.15, 0.2) is 42.7 Å². The standard InChI is InChI=1S/C21H22F2N7OP/c22-21(23)6-8-29(13-21)19-18(16(5-7-24-19)15-3-1-2-4-17(15)32)26-20(31)28-9-10-30-14(12-28)11-25-27-30/h1-5,7,11H,6,8-10,12-13,32H2,(H,26,31). The van der Waals surface area contributed by atoms with Crippen LogP contribution in [0.2, 0.25) is 0 Å². The quantitative estimate of drug-likeness (QED) is 0.612. The first kappa shape index (κ1) is 20.8. The fourth-order valence-corrected chi connectivity index (χ4v) is 4.50. The molecule has 0 aliphatic carbocycles. The van der Waals surface area contributed by atoms with E-state index >= 15 is 0 Å². The second-order valence-corrected chi connectivity index (χ2v) is 8.59. The van der Waals surface area contributed by atoms with E-state index in [1.807, 2.05) is 24.3 Å². The Morgan fingerprint density at radius 1 is 1.12 bits per heavy atom. The van der Waals surface area contributed by atoms with Gasteiger partial charge in [-0.1, -0.05) is 29.5 Å². The molecule has 1 saturated heterocycles. The third-order valence-corrected chi connectivity index (χ3v) is 6.31. The first-order chi connectivity index (χ1) is 15.4. The predicted octanol–water partition coefficient (Wildman–Crippen LogP) is 2.73. The smallest absolute Gasteiger partial charge is 0.322 e. The number of carbonyl (C=O) groups is 1. The van der Waals surface area contributed by atoms with Crippen LogP contribution >= 0.6 is 9.24 Å². The lowest BCUT2D eigenvalue weighted by atomic mass is 10.0. The van der Waals surface area contributed by atoms with Crippen molar-refractivity contribution in [3.63, 3.8) is 0 Å². The topological polar surface area (TPSA) is 79.2 Å². The minimum atomic E-state index is -2.78. The molecule has 2 aromatic heterocycles. The number of benzene rings is 1. The number of nitrogens with one attached hydrogen (secondary N) is 1. The number of hydrogen-bond acceptors (Lipinski definition) is 5. The minimum Gasteiger partial charge on any atom is -0.349 e. The molecule has 1 unspecified atom stereocenters. The molecule has 1 N–H and O–H groups in total. The van der Waals surface area contributed by atoms with Gasteiger partial charge in [0.15, 0.2) is 5.82 Å². The van der Waals surface area contributed by atoms with Crippen LogP contribution in [0, 0.1) is 0 Å². The molecule has 0 spiro atoms. The largest absolute Gasteiger partial charge is 0.349 e. The molecule has 166 valence electrons. The summed E-state index contributed by atoms with van der Waals surface area (Å²) in [5, 5.41) is 11.8. The van der Waals surface area contributed by atoms with Crippen LogP contribution in [-0.2, 0) is 13.1 Å². The first-order valence-corrected chi connectivity index (χ1v) is 10.9. The average Bonchev–Trinajstić information content (AvgIpc) is 3.39. The Morgan fingerprint density at radius 3 is 2.75 bits per heavy atom. The van der Waals surface area contributed by atoms with Gasteiger partial charge in [0.05, 0.1) is 37.2 Å². The highest BCUT2D eigenvalue weighted by atomic mass is 31.0. The summed E-state index contributed by atoms with van der Waals surface area (Å²) in [6.45, 7) is 1.12. The molecule has 0 bridgehead atoms. The Bertz CT molecular complexity index is 1170. The Hall–Kier alpha value is -3.13. The van der Waals surface area contributed by atoms with Gasteiger partial charge in [0, 0.05) is 31.3 Å². The van der Waals surface area contributed by atoms with E-state index in [4.69, 9.17) is 0 Å². The molecular formula is C21H22F2N7OP. The number of fused-ring (bicyclic) bond motifs is 1. The van der Waals surface area contributed by atoms with Gasteiger partial charge in [0.25, 0.3) is 5.92 Å². The van der Waals surface area contributed by atoms with Gasteiger partial charge in [-0.25, -0.2) is 23.2 Å². The molecule has 32 heavy (non-hydrogen) atoms. The summed E-state index contributed by atoms with van der Waals surface area (Å²) < 4.78 is 29.7. The Morgan fingerprint density at radius 2 is 1.97 bits per heavy atom. The number of hydrogen-bond donors (Lipinski definition) is 1. The number of halogens is 2. The number of alkyl halides is 2. The van der Waals surface area contributed by atoms with E-state index in [9.17, 15) is 13.6 Å². The highest BCUT2D eigenvalue weighted by molar-refractivity contribution is 7.28. The lowest BCUT2D eigenvalue weighted by Gasteiger charge is -2.29. The first-order valence-electron chi connectivity index (χ1n) is 10.3. The van der Waals surface area contributed by atoms with Crippen molar-refractivity contribution in [2.45, 2.75) is 25.4 Å². The molecule has 2 aliphatic heterocycles. The van der Waals surface area contributed by atoms with Crippen LogP contribution in [-0.4, -0.2) is 56.5 Å². The molecule has 8 nitrogen and oxygen atoms in total. The predicted molar refractivity (Wildman–Crippen MR) is 120 cm³/mol. The Labute approximate surface area is 185 Å². The zero-order valence-corrected chi connectivity index (χ0v) is 18.4. The van der Waals surface area contributed by atoms with Crippen molar-refractivity contribution < 1.29 is 13.6 Å². The summed E-state index contributed by atoms with van der Waals surface area (Å²) in [7, 11) is 2.68. The summed E-state index contributed by atoms with van der Waals surface area (Å²) >= 11 is 0. The molecule has 1 aromatic carbocycles. The lowest BCUT2D eigenvalue weighted by Crippen LogP contribution is -2.41. The van der Waals surface area contributed by atoms with Crippen molar-refractivity contribution in [3.05, 3.63) is 48.4 Å². The Balaban J connectivity index is 1.51. The van der Waals surface area contributed by atoms with Crippen molar-refractivity contribution in [3.8, 4) is 11.1 Å². The van der Waals surface area contributed by atoms with E-state index in [1.165, 1.54) is 0 Å².